The number of likely N-dealkylation sites (tertiary alicyclic amines) is 1. The number of hydrogen-bond acceptors (Lipinski definition) is 3. The van der Waals surface area contributed by atoms with Crippen molar-refractivity contribution in [1.29, 1.82) is 0 Å². The Morgan fingerprint density at radius 2 is 2.29 bits per heavy atom. The Bertz CT molecular complexity index is 474. The first kappa shape index (κ1) is 15.8. The van der Waals surface area contributed by atoms with Gasteiger partial charge in [0.1, 0.15) is 11.9 Å². The molecule has 1 aromatic heterocycles. The van der Waals surface area contributed by atoms with Gasteiger partial charge in [-0.05, 0) is 38.8 Å². The zero-order valence-electron chi connectivity index (χ0n) is 12.9. The maximum Gasteiger partial charge on any atom is 0.246 e. The Morgan fingerprint density at radius 3 is 2.95 bits per heavy atom. The topological polar surface area (TPSA) is 53.7 Å². The first-order chi connectivity index (χ1) is 10.1. The lowest BCUT2D eigenvalue weighted by atomic mass is 10.0. The summed E-state index contributed by atoms with van der Waals surface area (Å²) in [6.07, 6.45) is 7.38. The van der Waals surface area contributed by atoms with Crippen LogP contribution in [0, 0.1) is 0 Å². The standard InChI is InChI=1S/C17H25NO3/c1-13(2)11-17(20)18-9-5-3-4-7-14(18)12-15(19)16-8-6-10-21-16/h6,8,10-11,14-15,19H,3-5,7,9,12H2,1-2H3. The monoisotopic (exact) mass is 291 g/mol. The molecule has 0 spiro atoms. The molecule has 1 aromatic rings. The van der Waals surface area contributed by atoms with Gasteiger partial charge >= 0.3 is 0 Å². The molecule has 0 saturated carbocycles. The summed E-state index contributed by atoms with van der Waals surface area (Å²) in [4.78, 5) is 14.3. The summed E-state index contributed by atoms with van der Waals surface area (Å²) in [5.41, 5.74) is 1.01. The SMILES string of the molecule is CC(C)=CC(=O)N1CCCCCC1CC(O)c1ccco1. The zero-order chi connectivity index (χ0) is 15.2. The van der Waals surface area contributed by atoms with Crippen LogP contribution in [0.15, 0.2) is 34.5 Å². The van der Waals surface area contributed by atoms with Crippen molar-refractivity contribution in [2.45, 2.75) is 58.1 Å². The van der Waals surface area contributed by atoms with E-state index in [2.05, 4.69) is 0 Å². The van der Waals surface area contributed by atoms with Crippen LogP contribution in [0.1, 0.15) is 57.8 Å². The highest BCUT2D eigenvalue weighted by molar-refractivity contribution is 5.88. The van der Waals surface area contributed by atoms with Gasteiger partial charge in [0.2, 0.25) is 5.91 Å². The van der Waals surface area contributed by atoms with Gasteiger partial charge in [-0.3, -0.25) is 4.79 Å². The van der Waals surface area contributed by atoms with E-state index >= 15 is 0 Å². The molecule has 2 heterocycles. The van der Waals surface area contributed by atoms with Crippen LogP contribution >= 0.6 is 0 Å². The molecular weight excluding hydrogens is 266 g/mol. The number of allylic oxidation sites excluding steroid dienone is 1. The van der Waals surface area contributed by atoms with E-state index in [9.17, 15) is 9.90 Å². The first-order valence-electron chi connectivity index (χ1n) is 7.75. The highest BCUT2D eigenvalue weighted by atomic mass is 16.4. The van der Waals surface area contributed by atoms with Crippen molar-refractivity contribution in [3.8, 4) is 0 Å². The van der Waals surface area contributed by atoms with E-state index in [0.717, 1.165) is 37.8 Å². The third-order valence-corrected chi connectivity index (χ3v) is 3.94. The number of rotatable bonds is 4. The van der Waals surface area contributed by atoms with Crippen molar-refractivity contribution >= 4 is 5.91 Å². The number of carbonyl (C=O) groups is 1. The molecule has 0 bridgehead atoms. The third-order valence-electron chi connectivity index (χ3n) is 3.94. The van der Waals surface area contributed by atoms with Crippen LogP contribution in [0.3, 0.4) is 0 Å². The maximum atomic E-state index is 12.4. The molecule has 1 amide bonds. The van der Waals surface area contributed by atoms with E-state index in [1.165, 1.54) is 0 Å². The molecule has 2 rings (SSSR count). The summed E-state index contributed by atoms with van der Waals surface area (Å²) < 4.78 is 5.26. The van der Waals surface area contributed by atoms with E-state index in [1.54, 1.807) is 24.5 Å². The molecular formula is C17H25NO3. The first-order valence-corrected chi connectivity index (χ1v) is 7.75. The Kier molecular flexibility index (Phi) is 5.62. The molecule has 4 nitrogen and oxygen atoms in total. The number of carbonyl (C=O) groups excluding carboxylic acids is 1. The maximum absolute atomic E-state index is 12.4. The molecule has 1 aliphatic rings. The molecule has 1 fully saturated rings. The summed E-state index contributed by atoms with van der Waals surface area (Å²) >= 11 is 0. The van der Waals surface area contributed by atoms with Gasteiger partial charge in [0.25, 0.3) is 0 Å². The fourth-order valence-corrected chi connectivity index (χ4v) is 2.90. The fourth-order valence-electron chi connectivity index (χ4n) is 2.90. The number of furan rings is 1. The lowest BCUT2D eigenvalue weighted by Gasteiger charge is -2.30. The van der Waals surface area contributed by atoms with Crippen LogP contribution in [-0.2, 0) is 4.79 Å². The van der Waals surface area contributed by atoms with Gasteiger partial charge in [-0.15, -0.1) is 0 Å². The minimum atomic E-state index is -0.648. The van der Waals surface area contributed by atoms with Gasteiger partial charge in [-0.25, -0.2) is 0 Å². The van der Waals surface area contributed by atoms with Crippen LogP contribution in [0.25, 0.3) is 0 Å². The van der Waals surface area contributed by atoms with Crippen LogP contribution < -0.4 is 0 Å². The average Bonchev–Trinajstić information content (AvgIpc) is 2.86. The molecule has 0 aromatic carbocycles. The highest BCUT2D eigenvalue weighted by Crippen LogP contribution is 2.27. The highest BCUT2D eigenvalue weighted by Gasteiger charge is 2.27. The molecule has 1 aliphatic heterocycles. The normalized spacial score (nSPS) is 20.7. The van der Waals surface area contributed by atoms with Crippen LogP contribution in [0.2, 0.25) is 0 Å². The van der Waals surface area contributed by atoms with Crippen molar-refractivity contribution in [1.82, 2.24) is 4.90 Å². The number of aliphatic hydroxyl groups excluding tert-OH is 1. The van der Waals surface area contributed by atoms with E-state index in [4.69, 9.17) is 4.42 Å². The molecule has 4 heteroatoms. The van der Waals surface area contributed by atoms with Crippen LogP contribution in [0.5, 0.6) is 0 Å². The van der Waals surface area contributed by atoms with Crippen LogP contribution in [0.4, 0.5) is 0 Å². The van der Waals surface area contributed by atoms with E-state index in [-0.39, 0.29) is 11.9 Å². The lowest BCUT2D eigenvalue weighted by Crippen LogP contribution is -2.40. The quantitative estimate of drug-likeness (QED) is 0.865. The second-order valence-corrected chi connectivity index (χ2v) is 6.02. The second kappa shape index (κ2) is 7.46. The fraction of sp³-hybridized carbons (Fsp3) is 0.588. The van der Waals surface area contributed by atoms with Crippen molar-refractivity contribution < 1.29 is 14.3 Å². The minimum Gasteiger partial charge on any atom is -0.467 e. The second-order valence-electron chi connectivity index (χ2n) is 6.02. The molecule has 0 aliphatic carbocycles. The number of nitrogens with zero attached hydrogens (tertiary/aromatic N) is 1. The van der Waals surface area contributed by atoms with Gasteiger partial charge in [0.15, 0.2) is 0 Å². The Balaban J connectivity index is 2.08. The molecule has 1 N–H and O–H groups in total. The summed E-state index contributed by atoms with van der Waals surface area (Å²) in [7, 11) is 0. The summed E-state index contributed by atoms with van der Waals surface area (Å²) in [6, 6.07) is 3.64. The van der Waals surface area contributed by atoms with E-state index in [1.807, 2.05) is 18.7 Å². The van der Waals surface area contributed by atoms with Crippen LogP contribution in [-0.4, -0.2) is 28.5 Å². The van der Waals surface area contributed by atoms with E-state index < -0.39 is 6.10 Å². The Hall–Kier alpha value is -1.55. The van der Waals surface area contributed by atoms with Crippen molar-refractivity contribution in [3.05, 3.63) is 35.8 Å². The summed E-state index contributed by atoms with van der Waals surface area (Å²) in [5.74, 6) is 0.641. The molecule has 2 atom stereocenters. The lowest BCUT2D eigenvalue weighted by molar-refractivity contribution is -0.128. The molecule has 0 radical (unpaired) electrons. The number of aliphatic hydroxyl groups is 1. The van der Waals surface area contributed by atoms with Crippen molar-refractivity contribution in [2.24, 2.45) is 0 Å². The largest absolute Gasteiger partial charge is 0.467 e. The zero-order valence-corrected chi connectivity index (χ0v) is 12.9. The summed E-state index contributed by atoms with van der Waals surface area (Å²) in [5, 5.41) is 10.3. The van der Waals surface area contributed by atoms with Crippen molar-refractivity contribution in [2.75, 3.05) is 6.54 Å². The Labute approximate surface area is 126 Å². The summed E-state index contributed by atoms with van der Waals surface area (Å²) in [6.45, 7) is 4.64. The smallest absolute Gasteiger partial charge is 0.246 e. The number of amides is 1. The molecule has 1 saturated heterocycles. The third kappa shape index (κ3) is 4.46. The van der Waals surface area contributed by atoms with Gasteiger partial charge in [-0.1, -0.05) is 18.4 Å². The Morgan fingerprint density at radius 1 is 1.48 bits per heavy atom. The predicted molar refractivity (Wildman–Crippen MR) is 81.7 cm³/mol. The number of hydrogen-bond donors (Lipinski definition) is 1. The average molecular weight is 291 g/mol. The van der Waals surface area contributed by atoms with Gasteiger partial charge in [-0.2, -0.15) is 0 Å². The molecule has 2 unspecified atom stereocenters. The van der Waals surface area contributed by atoms with Crippen molar-refractivity contribution in [3.63, 3.8) is 0 Å². The molecule has 116 valence electrons. The predicted octanol–water partition coefficient (Wildman–Crippen LogP) is 3.44. The van der Waals surface area contributed by atoms with Gasteiger partial charge in [0.05, 0.1) is 6.26 Å². The minimum absolute atomic E-state index is 0.0635. The van der Waals surface area contributed by atoms with E-state index in [0.29, 0.717) is 12.2 Å². The van der Waals surface area contributed by atoms with Gasteiger partial charge < -0.3 is 14.4 Å². The molecule has 21 heavy (non-hydrogen) atoms. The van der Waals surface area contributed by atoms with Gasteiger partial charge in [0, 0.05) is 25.1 Å².